The van der Waals surface area contributed by atoms with Crippen molar-refractivity contribution in [1.82, 2.24) is 19.7 Å². The number of hydrogen-bond acceptors (Lipinski definition) is 5. The zero-order valence-corrected chi connectivity index (χ0v) is 19.3. The molecule has 7 heteroatoms. The average Bonchev–Trinajstić information content (AvgIpc) is 3.13. The van der Waals surface area contributed by atoms with Crippen LogP contribution < -0.4 is 4.74 Å². The van der Waals surface area contributed by atoms with Gasteiger partial charge in [-0.3, -0.25) is 4.98 Å². The number of ether oxygens (including phenoxy) is 1. The quantitative estimate of drug-likeness (QED) is 0.234. The van der Waals surface area contributed by atoms with E-state index in [4.69, 9.17) is 16.3 Å². The largest absolute Gasteiger partial charge is 0.492 e. The van der Waals surface area contributed by atoms with Crippen LogP contribution in [0.5, 0.6) is 5.75 Å². The fraction of sp³-hybridized carbons (Fsp3) is 0.435. The van der Waals surface area contributed by atoms with E-state index in [2.05, 4.69) is 22.1 Å². The maximum absolute atomic E-state index is 5.95. The topological polar surface area (TPSA) is 52.8 Å². The Morgan fingerprint density at radius 3 is 2.57 bits per heavy atom. The minimum absolute atomic E-state index is 0.721. The summed E-state index contributed by atoms with van der Waals surface area (Å²) < 4.78 is 7.90. The van der Waals surface area contributed by atoms with Crippen LogP contribution in [0.4, 0.5) is 0 Å². The molecule has 1 aromatic carbocycles. The summed E-state index contributed by atoms with van der Waals surface area (Å²) in [7, 11) is 1.98. The first kappa shape index (κ1) is 22.6. The predicted molar refractivity (Wildman–Crippen MR) is 124 cm³/mol. The Balaban J connectivity index is 1.54. The molecular weight excluding hydrogens is 416 g/mol. The van der Waals surface area contributed by atoms with Gasteiger partial charge in [0.1, 0.15) is 5.75 Å². The van der Waals surface area contributed by atoms with Crippen LogP contribution in [-0.4, -0.2) is 26.4 Å². The molecule has 0 radical (unpaired) electrons. The molecule has 0 aliphatic rings. The number of aromatic nitrogens is 4. The van der Waals surface area contributed by atoms with E-state index >= 15 is 0 Å². The maximum atomic E-state index is 5.95. The van der Waals surface area contributed by atoms with Crippen LogP contribution in [-0.2, 0) is 12.8 Å². The van der Waals surface area contributed by atoms with Crippen molar-refractivity contribution < 1.29 is 4.74 Å². The highest BCUT2D eigenvalue weighted by Crippen LogP contribution is 2.27. The summed E-state index contributed by atoms with van der Waals surface area (Å²) in [5, 5.41) is 10.3. The Morgan fingerprint density at radius 2 is 1.77 bits per heavy atom. The number of benzene rings is 1. The second kappa shape index (κ2) is 12.0. The third-order valence-electron chi connectivity index (χ3n) is 4.85. The number of halogens is 1. The van der Waals surface area contributed by atoms with Crippen LogP contribution in [0.3, 0.4) is 0 Å². The summed E-state index contributed by atoms with van der Waals surface area (Å²) in [6, 6.07) is 9.86. The highest BCUT2D eigenvalue weighted by molar-refractivity contribution is 7.98. The zero-order valence-electron chi connectivity index (χ0n) is 17.7. The monoisotopic (exact) mass is 444 g/mol. The van der Waals surface area contributed by atoms with Gasteiger partial charge in [-0.05, 0) is 30.2 Å². The lowest BCUT2D eigenvalue weighted by Gasteiger charge is -2.08. The normalized spacial score (nSPS) is 11.0. The van der Waals surface area contributed by atoms with Gasteiger partial charge in [0.25, 0.3) is 0 Å². The molecular formula is C23H29ClN4OS. The van der Waals surface area contributed by atoms with Gasteiger partial charge in [0, 0.05) is 29.6 Å². The van der Waals surface area contributed by atoms with Crippen molar-refractivity contribution in [2.75, 3.05) is 6.61 Å². The van der Waals surface area contributed by atoms with Crippen LogP contribution >= 0.6 is 23.4 Å². The van der Waals surface area contributed by atoms with Crippen molar-refractivity contribution in [3.63, 3.8) is 0 Å². The molecule has 0 atom stereocenters. The Kier molecular flexibility index (Phi) is 9.02. The van der Waals surface area contributed by atoms with Crippen LogP contribution in [0.2, 0.25) is 5.02 Å². The van der Waals surface area contributed by atoms with Gasteiger partial charge in [-0.15, -0.1) is 10.2 Å². The Labute approximate surface area is 188 Å². The van der Waals surface area contributed by atoms with E-state index in [0.717, 1.165) is 46.1 Å². The summed E-state index contributed by atoms with van der Waals surface area (Å²) in [4.78, 5) is 4.33. The van der Waals surface area contributed by atoms with Crippen molar-refractivity contribution in [3.8, 4) is 17.1 Å². The fourth-order valence-corrected chi connectivity index (χ4v) is 4.11. The first-order valence-corrected chi connectivity index (χ1v) is 11.9. The molecule has 160 valence electrons. The Morgan fingerprint density at radius 1 is 1.00 bits per heavy atom. The summed E-state index contributed by atoms with van der Waals surface area (Å²) in [6.45, 7) is 2.96. The molecule has 0 saturated carbocycles. The lowest BCUT2D eigenvalue weighted by Crippen LogP contribution is -1.99. The fourth-order valence-electron chi connectivity index (χ4n) is 3.11. The van der Waals surface area contributed by atoms with Gasteiger partial charge in [-0.1, -0.05) is 74.5 Å². The second-order valence-electron chi connectivity index (χ2n) is 7.31. The van der Waals surface area contributed by atoms with E-state index in [-0.39, 0.29) is 0 Å². The number of thioether (sulfide) groups is 1. The first-order chi connectivity index (χ1) is 14.7. The van der Waals surface area contributed by atoms with E-state index < -0.39 is 0 Å². The molecule has 0 N–H and O–H groups in total. The molecule has 30 heavy (non-hydrogen) atoms. The molecule has 2 heterocycles. The van der Waals surface area contributed by atoms with E-state index in [1.54, 1.807) is 24.2 Å². The molecule has 0 amide bonds. The smallest absolute Gasteiger partial charge is 0.191 e. The molecule has 5 nitrogen and oxygen atoms in total. The van der Waals surface area contributed by atoms with Gasteiger partial charge in [-0.25, -0.2) is 0 Å². The van der Waals surface area contributed by atoms with E-state index in [1.807, 2.05) is 41.9 Å². The van der Waals surface area contributed by atoms with E-state index in [1.165, 1.54) is 37.7 Å². The Hall–Kier alpha value is -2.05. The molecule has 3 rings (SSSR count). The molecule has 0 aliphatic carbocycles. The summed E-state index contributed by atoms with van der Waals surface area (Å²) >= 11 is 7.60. The van der Waals surface area contributed by atoms with Gasteiger partial charge in [0.05, 0.1) is 12.8 Å². The third kappa shape index (κ3) is 6.74. The SMILES string of the molecule is CCCCCCCCOc1cncc(-c2nnc(SCc3ccc(Cl)cc3)n2C)c1. The van der Waals surface area contributed by atoms with Crippen molar-refractivity contribution >= 4 is 23.4 Å². The van der Waals surface area contributed by atoms with E-state index in [9.17, 15) is 0 Å². The van der Waals surface area contributed by atoms with Gasteiger partial charge in [0.2, 0.25) is 0 Å². The van der Waals surface area contributed by atoms with Crippen molar-refractivity contribution in [3.05, 3.63) is 53.3 Å². The van der Waals surface area contributed by atoms with E-state index in [0.29, 0.717) is 0 Å². The van der Waals surface area contributed by atoms with Crippen LogP contribution in [0.1, 0.15) is 51.0 Å². The summed E-state index contributed by atoms with van der Waals surface area (Å²) in [6.07, 6.45) is 11.0. The lowest BCUT2D eigenvalue weighted by atomic mass is 10.1. The van der Waals surface area contributed by atoms with Crippen molar-refractivity contribution in [2.24, 2.45) is 7.05 Å². The minimum Gasteiger partial charge on any atom is -0.492 e. The average molecular weight is 445 g/mol. The van der Waals surface area contributed by atoms with Crippen LogP contribution in [0, 0.1) is 0 Å². The molecule has 0 spiro atoms. The number of rotatable bonds is 12. The summed E-state index contributed by atoms with van der Waals surface area (Å²) in [5.74, 6) is 2.37. The zero-order chi connectivity index (χ0) is 21.2. The highest BCUT2D eigenvalue weighted by Gasteiger charge is 2.12. The number of nitrogens with zero attached hydrogens (tertiary/aromatic N) is 4. The standard InChI is InChI=1S/C23H29ClN4OS/c1-3-4-5-6-7-8-13-29-21-14-19(15-25-16-21)22-26-27-23(28(22)2)30-17-18-9-11-20(24)12-10-18/h9-12,14-16H,3-8,13,17H2,1-2H3. The minimum atomic E-state index is 0.721. The number of pyridine rings is 1. The van der Waals surface area contributed by atoms with Gasteiger partial charge < -0.3 is 9.30 Å². The summed E-state index contributed by atoms with van der Waals surface area (Å²) in [5.41, 5.74) is 2.10. The van der Waals surface area contributed by atoms with Crippen molar-refractivity contribution in [1.29, 1.82) is 0 Å². The predicted octanol–water partition coefficient (Wildman–Crippen LogP) is 6.56. The van der Waals surface area contributed by atoms with Gasteiger partial charge >= 0.3 is 0 Å². The van der Waals surface area contributed by atoms with Crippen LogP contribution in [0.15, 0.2) is 47.9 Å². The first-order valence-electron chi connectivity index (χ1n) is 10.5. The molecule has 3 aromatic rings. The Bertz CT molecular complexity index is 914. The third-order valence-corrected chi connectivity index (χ3v) is 6.20. The molecule has 2 aromatic heterocycles. The van der Waals surface area contributed by atoms with Gasteiger partial charge in [-0.2, -0.15) is 0 Å². The molecule has 0 unspecified atom stereocenters. The molecule has 0 bridgehead atoms. The highest BCUT2D eigenvalue weighted by atomic mass is 35.5. The lowest BCUT2D eigenvalue weighted by molar-refractivity contribution is 0.303. The van der Waals surface area contributed by atoms with Crippen LogP contribution in [0.25, 0.3) is 11.4 Å². The van der Waals surface area contributed by atoms with Gasteiger partial charge in [0.15, 0.2) is 11.0 Å². The maximum Gasteiger partial charge on any atom is 0.191 e. The molecule has 0 saturated heterocycles. The molecule has 0 fully saturated rings. The molecule has 0 aliphatic heterocycles. The second-order valence-corrected chi connectivity index (χ2v) is 8.68. The number of unbranched alkanes of at least 4 members (excludes halogenated alkanes) is 5. The van der Waals surface area contributed by atoms with Crippen molar-refractivity contribution in [2.45, 2.75) is 56.4 Å². The number of hydrogen-bond donors (Lipinski definition) is 0.